The van der Waals surface area contributed by atoms with Gasteiger partial charge < -0.3 is 19.9 Å². The predicted molar refractivity (Wildman–Crippen MR) is 109 cm³/mol. The van der Waals surface area contributed by atoms with Crippen LogP contribution in [0.15, 0.2) is 23.1 Å². The predicted octanol–water partition coefficient (Wildman–Crippen LogP) is 2.24. The molecule has 1 saturated heterocycles. The first kappa shape index (κ1) is 21.0. The number of carbonyl (C=O) groups excluding carboxylic acids is 3. The average Bonchev–Trinajstić information content (AvgIpc) is 2.68. The van der Waals surface area contributed by atoms with Crippen LogP contribution < -0.4 is 5.32 Å². The van der Waals surface area contributed by atoms with E-state index in [1.807, 2.05) is 6.07 Å². The van der Waals surface area contributed by atoms with Gasteiger partial charge in [0, 0.05) is 36.1 Å². The quantitative estimate of drug-likeness (QED) is 0.729. The molecule has 2 atom stereocenters. The van der Waals surface area contributed by atoms with Crippen LogP contribution in [-0.2, 0) is 19.1 Å². The summed E-state index contributed by atoms with van der Waals surface area (Å²) in [6, 6.07) is 5.22. The molecule has 28 heavy (non-hydrogen) atoms. The number of likely N-dealkylation sites (N-methyl/N-ethyl adjacent to an activating group) is 1. The summed E-state index contributed by atoms with van der Waals surface area (Å²) >= 11 is 7.24. The Morgan fingerprint density at radius 2 is 2.04 bits per heavy atom. The molecule has 1 aromatic rings. The number of amides is 2. The lowest BCUT2D eigenvalue weighted by Gasteiger charge is -2.35. The van der Waals surface area contributed by atoms with Crippen molar-refractivity contribution in [3.05, 3.63) is 23.2 Å². The van der Waals surface area contributed by atoms with E-state index in [1.54, 1.807) is 24.0 Å². The van der Waals surface area contributed by atoms with Crippen molar-refractivity contribution in [3.63, 3.8) is 0 Å². The van der Waals surface area contributed by atoms with Crippen LogP contribution in [0.5, 0.6) is 0 Å². The molecule has 7 nitrogen and oxygen atoms in total. The van der Waals surface area contributed by atoms with E-state index in [-0.39, 0.29) is 18.2 Å². The lowest BCUT2D eigenvalue weighted by atomic mass is 10.2. The molecule has 152 valence electrons. The van der Waals surface area contributed by atoms with Gasteiger partial charge in [-0.2, -0.15) is 0 Å². The Kier molecular flexibility index (Phi) is 6.85. The van der Waals surface area contributed by atoms with Gasteiger partial charge in [-0.1, -0.05) is 18.5 Å². The molecule has 0 unspecified atom stereocenters. The fourth-order valence-corrected chi connectivity index (χ4v) is 4.49. The number of thioether (sulfide) groups is 1. The fraction of sp³-hybridized carbons (Fsp3) is 0.526. The molecule has 0 aliphatic carbocycles. The standard InChI is InChI=1S/C19H24ClN3O4S/c1-3-22-6-8-23(9-7-22)19(26)12(2)27-17(24)11-16-18(25)21-14-10-13(20)4-5-15(14)28-16/h4-5,10,12,16H,3,6-9,11H2,1-2H3,(H,21,25)/t12-,16+/m1/s1. The summed E-state index contributed by atoms with van der Waals surface area (Å²) in [6.07, 6.45) is -0.955. The number of anilines is 1. The van der Waals surface area contributed by atoms with Gasteiger partial charge in [-0.3, -0.25) is 14.4 Å². The third-order valence-corrected chi connectivity index (χ3v) is 6.41. The molecule has 2 aliphatic rings. The number of hydrogen-bond donors (Lipinski definition) is 1. The number of hydrogen-bond acceptors (Lipinski definition) is 6. The molecule has 2 aliphatic heterocycles. The van der Waals surface area contributed by atoms with Crippen molar-refractivity contribution in [1.29, 1.82) is 0 Å². The Hall–Kier alpha value is -1.77. The van der Waals surface area contributed by atoms with Gasteiger partial charge in [0.2, 0.25) is 5.91 Å². The molecule has 2 amide bonds. The van der Waals surface area contributed by atoms with Gasteiger partial charge in [0.15, 0.2) is 6.10 Å². The van der Waals surface area contributed by atoms with Crippen molar-refractivity contribution in [2.24, 2.45) is 0 Å². The van der Waals surface area contributed by atoms with Crippen molar-refractivity contribution >= 4 is 46.8 Å². The number of benzene rings is 1. The Morgan fingerprint density at radius 3 is 2.71 bits per heavy atom. The summed E-state index contributed by atoms with van der Waals surface area (Å²) in [4.78, 5) is 41.9. The van der Waals surface area contributed by atoms with E-state index >= 15 is 0 Å². The van der Waals surface area contributed by atoms with Crippen LogP contribution in [-0.4, -0.2) is 71.7 Å². The van der Waals surface area contributed by atoms with Crippen molar-refractivity contribution < 1.29 is 19.1 Å². The molecule has 1 N–H and O–H groups in total. The van der Waals surface area contributed by atoms with E-state index in [4.69, 9.17) is 16.3 Å². The number of nitrogens with zero attached hydrogens (tertiary/aromatic N) is 2. The van der Waals surface area contributed by atoms with Crippen molar-refractivity contribution in [2.45, 2.75) is 36.5 Å². The van der Waals surface area contributed by atoms with E-state index in [2.05, 4.69) is 17.1 Å². The van der Waals surface area contributed by atoms with Crippen LogP contribution in [0.25, 0.3) is 0 Å². The number of halogens is 1. The first-order valence-electron chi connectivity index (χ1n) is 9.35. The van der Waals surface area contributed by atoms with E-state index < -0.39 is 17.3 Å². The largest absolute Gasteiger partial charge is 0.452 e. The van der Waals surface area contributed by atoms with Crippen molar-refractivity contribution in [1.82, 2.24) is 9.80 Å². The van der Waals surface area contributed by atoms with Crippen molar-refractivity contribution in [2.75, 3.05) is 38.0 Å². The summed E-state index contributed by atoms with van der Waals surface area (Å²) in [5.74, 6) is -1.02. The van der Waals surface area contributed by atoms with Gasteiger partial charge in [0.05, 0.1) is 17.4 Å². The van der Waals surface area contributed by atoms with Gasteiger partial charge in [-0.15, -0.1) is 11.8 Å². The van der Waals surface area contributed by atoms with Crippen LogP contribution in [0.1, 0.15) is 20.3 Å². The minimum absolute atomic E-state index is 0.0974. The van der Waals surface area contributed by atoms with E-state index in [0.717, 1.165) is 24.5 Å². The number of piperazine rings is 1. The highest BCUT2D eigenvalue weighted by atomic mass is 35.5. The normalized spacial score (nSPS) is 20.9. The summed E-state index contributed by atoms with van der Waals surface area (Å²) < 4.78 is 5.32. The maximum absolute atomic E-state index is 12.5. The second kappa shape index (κ2) is 9.15. The molecule has 3 rings (SSSR count). The zero-order valence-electron chi connectivity index (χ0n) is 15.9. The van der Waals surface area contributed by atoms with Gasteiger partial charge in [0.1, 0.15) is 0 Å². The first-order valence-corrected chi connectivity index (χ1v) is 10.6. The summed E-state index contributed by atoms with van der Waals surface area (Å²) in [6.45, 7) is 7.55. The van der Waals surface area contributed by atoms with Crippen LogP contribution in [0.4, 0.5) is 5.69 Å². The Balaban J connectivity index is 1.51. The van der Waals surface area contributed by atoms with Crippen molar-refractivity contribution in [3.8, 4) is 0 Å². The molecule has 0 spiro atoms. The number of nitrogens with one attached hydrogen (secondary N) is 1. The molecule has 0 radical (unpaired) electrons. The zero-order chi connectivity index (χ0) is 20.3. The van der Waals surface area contributed by atoms with E-state index in [0.29, 0.717) is 23.8 Å². The molecule has 0 saturated carbocycles. The van der Waals surface area contributed by atoms with Crippen LogP contribution in [0.2, 0.25) is 5.02 Å². The SMILES string of the molecule is CCN1CCN(C(=O)[C@@H](C)OC(=O)C[C@@H]2Sc3ccc(Cl)cc3NC2=O)CC1. The third-order valence-electron chi connectivity index (χ3n) is 4.90. The van der Waals surface area contributed by atoms with Gasteiger partial charge in [-0.25, -0.2) is 0 Å². The summed E-state index contributed by atoms with van der Waals surface area (Å²) in [5.41, 5.74) is 0.641. The maximum Gasteiger partial charge on any atom is 0.308 e. The van der Waals surface area contributed by atoms with Crippen LogP contribution >= 0.6 is 23.4 Å². The molecule has 0 bridgehead atoms. The highest BCUT2D eigenvalue weighted by molar-refractivity contribution is 8.01. The van der Waals surface area contributed by atoms with Gasteiger partial charge in [-0.05, 0) is 31.7 Å². The topological polar surface area (TPSA) is 79.0 Å². The molecule has 2 heterocycles. The highest BCUT2D eigenvalue weighted by Crippen LogP contribution is 2.38. The Morgan fingerprint density at radius 1 is 1.32 bits per heavy atom. The number of ether oxygens (including phenoxy) is 1. The summed E-state index contributed by atoms with van der Waals surface area (Å²) in [5, 5.41) is 2.69. The van der Waals surface area contributed by atoms with Gasteiger partial charge >= 0.3 is 5.97 Å². The smallest absolute Gasteiger partial charge is 0.308 e. The molecular formula is C19H24ClN3O4S. The minimum atomic E-state index is -0.858. The van der Waals surface area contributed by atoms with Gasteiger partial charge in [0.25, 0.3) is 5.91 Å². The monoisotopic (exact) mass is 425 g/mol. The van der Waals surface area contributed by atoms with Crippen LogP contribution in [0, 0.1) is 0 Å². The third kappa shape index (κ3) is 4.98. The summed E-state index contributed by atoms with van der Waals surface area (Å²) in [7, 11) is 0. The average molecular weight is 426 g/mol. The highest BCUT2D eigenvalue weighted by Gasteiger charge is 2.32. The Labute approximate surface area is 173 Å². The molecule has 1 aromatic carbocycles. The van der Waals surface area contributed by atoms with Crippen LogP contribution in [0.3, 0.4) is 0 Å². The second-order valence-corrected chi connectivity index (χ2v) is 8.51. The lowest BCUT2D eigenvalue weighted by Crippen LogP contribution is -2.51. The van der Waals surface area contributed by atoms with E-state index in [9.17, 15) is 14.4 Å². The lowest BCUT2D eigenvalue weighted by molar-refractivity contribution is -0.160. The number of carbonyl (C=O) groups is 3. The number of fused-ring (bicyclic) bond motifs is 1. The first-order chi connectivity index (χ1) is 13.4. The zero-order valence-corrected chi connectivity index (χ0v) is 17.5. The molecule has 0 aromatic heterocycles. The number of rotatable bonds is 5. The number of esters is 1. The minimum Gasteiger partial charge on any atom is -0.452 e. The fourth-order valence-electron chi connectivity index (χ4n) is 3.25. The second-order valence-electron chi connectivity index (χ2n) is 6.83. The Bertz CT molecular complexity index is 768. The van der Waals surface area contributed by atoms with E-state index in [1.165, 1.54) is 11.8 Å². The molecule has 1 fully saturated rings. The molecule has 9 heteroatoms. The maximum atomic E-state index is 12.5. The molecular weight excluding hydrogens is 402 g/mol.